The van der Waals surface area contributed by atoms with E-state index in [0.717, 1.165) is 10.9 Å². The molecule has 24 heavy (non-hydrogen) atoms. The Morgan fingerprint density at radius 1 is 1.29 bits per heavy atom. The maximum absolute atomic E-state index is 12.6. The SMILES string of the molecule is CCOC(=O)C(OC(=O)C1CCCOC1)C(=O)c1ccc(Br)cc1. The normalized spacial score (nSPS) is 18.5. The monoisotopic (exact) mass is 398 g/mol. The summed E-state index contributed by atoms with van der Waals surface area (Å²) >= 11 is 3.28. The van der Waals surface area contributed by atoms with Gasteiger partial charge in [0.05, 0.1) is 19.1 Å². The van der Waals surface area contributed by atoms with E-state index in [1.54, 1.807) is 31.2 Å². The lowest BCUT2D eigenvalue weighted by Crippen LogP contribution is -2.39. The maximum atomic E-state index is 12.6. The first kappa shape index (κ1) is 18.6. The zero-order chi connectivity index (χ0) is 17.5. The summed E-state index contributed by atoms with van der Waals surface area (Å²) in [6.45, 7) is 2.55. The van der Waals surface area contributed by atoms with Crippen molar-refractivity contribution in [1.82, 2.24) is 0 Å². The van der Waals surface area contributed by atoms with Crippen LogP contribution < -0.4 is 0 Å². The van der Waals surface area contributed by atoms with Crippen LogP contribution in [-0.2, 0) is 23.8 Å². The highest BCUT2D eigenvalue weighted by molar-refractivity contribution is 9.10. The first-order valence-electron chi connectivity index (χ1n) is 7.77. The van der Waals surface area contributed by atoms with Gasteiger partial charge in [0, 0.05) is 16.6 Å². The summed E-state index contributed by atoms with van der Waals surface area (Å²) in [7, 11) is 0. The zero-order valence-electron chi connectivity index (χ0n) is 13.3. The van der Waals surface area contributed by atoms with Crippen molar-refractivity contribution in [1.29, 1.82) is 0 Å². The molecule has 0 aliphatic carbocycles. The molecule has 7 heteroatoms. The summed E-state index contributed by atoms with van der Waals surface area (Å²) in [4.78, 5) is 36.9. The molecule has 0 spiro atoms. The minimum atomic E-state index is -1.60. The Morgan fingerprint density at radius 2 is 2.00 bits per heavy atom. The van der Waals surface area contributed by atoms with Crippen molar-refractivity contribution in [3.63, 3.8) is 0 Å². The zero-order valence-corrected chi connectivity index (χ0v) is 14.9. The van der Waals surface area contributed by atoms with E-state index >= 15 is 0 Å². The molecule has 0 aromatic heterocycles. The van der Waals surface area contributed by atoms with Gasteiger partial charge in [-0.1, -0.05) is 28.1 Å². The average molecular weight is 399 g/mol. The minimum absolute atomic E-state index is 0.0903. The number of ether oxygens (including phenoxy) is 3. The molecule has 6 nitrogen and oxygen atoms in total. The largest absolute Gasteiger partial charge is 0.463 e. The van der Waals surface area contributed by atoms with E-state index < -0.39 is 29.7 Å². The number of hydrogen-bond acceptors (Lipinski definition) is 6. The molecular formula is C17H19BrO6. The number of rotatable bonds is 6. The number of benzene rings is 1. The highest BCUT2D eigenvalue weighted by Crippen LogP contribution is 2.18. The molecule has 0 amide bonds. The predicted octanol–water partition coefficient (Wildman–Crippen LogP) is 2.53. The van der Waals surface area contributed by atoms with E-state index in [-0.39, 0.29) is 18.8 Å². The molecule has 2 atom stereocenters. The quantitative estimate of drug-likeness (QED) is 0.416. The fourth-order valence-corrected chi connectivity index (χ4v) is 2.60. The molecule has 0 saturated carbocycles. The van der Waals surface area contributed by atoms with Crippen molar-refractivity contribution in [3.05, 3.63) is 34.3 Å². The van der Waals surface area contributed by atoms with Gasteiger partial charge >= 0.3 is 11.9 Å². The van der Waals surface area contributed by atoms with Gasteiger partial charge in [0.1, 0.15) is 0 Å². The molecule has 1 aliphatic rings. The molecule has 0 N–H and O–H groups in total. The van der Waals surface area contributed by atoms with Crippen molar-refractivity contribution < 1.29 is 28.6 Å². The number of Topliss-reactive ketones (excluding diaryl/α,β-unsaturated/α-hetero) is 1. The van der Waals surface area contributed by atoms with Gasteiger partial charge in [0.25, 0.3) is 6.10 Å². The molecule has 2 rings (SSSR count). The van der Waals surface area contributed by atoms with Crippen LogP contribution in [0.15, 0.2) is 28.7 Å². The second-order valence-corrected chi connectivity index (χ2v) is 6.27. The van der Waals surface area contributed by atoms with Gasteiger partial charge in [-0.05, 0) is 31.9 Å². The molecular weight excluding hydrogens is 380 g/mol. The van der Waals surface area contributed by atoms with Gasteiger partial charge in [-0.25, -0.2) is 4.79 Å². The summed E-state index contributed by atoms with van der Waals surface area (Å²) < 4.78 is 16.1. The minimum Gasteiger partial charge on any atom is -0.463 e. The van der Waals surface area contributed by atoms with E-state index in [4.69, 9.17) is 14.2 Å². The number of carbonyl (C=O) groups excluding carboxylic acids is 3. The highest BCUT2D eigenvalue weighted by atomic mass is 79.9. The van der Waals surface area contributed by atoms with Crippen LogP contribution in [0.5, 0.6) is 0 Å². The summed E-state index contributed by atoms with van der Waals surface area (Å²) in [5, 5.41) is 0. The lowest BCUT2D eigenvalue weighted by Gasteiger charge is -2.23. The second-order valence-electron chi connectivity index (χ2n) is 5.35. The molecule has 1 aliphatic heterocycles. The van der Waals surface area contributed by atoms with Gasteiger partial charge in [-0.2, -0.15) is 0 Å². The van der Waals surface area contributed by atoms with Crippen LogP contribution in [0.25, 0.3) is 0 Å². The van der Waals surface area contributed by atoms with Gasteiger partial charge in [0.15, 0.2) is 0 Å². The van der Waals surface area contributed by atoms with Crippen molar-refractivity contribution in [2.75, 3.05) is 19.8 Å². The molecule has 2 unspecified atom stereocenters. The Hall–Kier alpha value is -1.73. The van der Waals surface area contributed by atoms with Gasteiger partial charge in [-0.3, -0.25) is 9.59 Å². The number of halogens is 1. The first-order valence-corrected chi connectivity index (χ1v) is 8.57. The standard InChI is InChI=1S/C17H19BrO6/c1-2-23-17(21)15(14(19)11-5-7-13(18)8-6-11)24-16(20)12-4-3-9-22-10-12/h5-8,12,15H,2-4,9-10H2,1H3. The second kappa shape index (κ2) is 8.94. The fraction of sp³-hybridized carbons (Fsp3) is 0.471. The summed E-state index contributed by atoms with van der Waals surface area (Å²) in [5.74, 6) is -2.55. The Bertz CT molecular complexity index is 592. The van der Waals surface area contributed by atoms with Crippen molar-refractivity contribution >= 4 is 33.7 Å². The highest BCUT2D eigenvalue weighted by Gasteiger charge is 2.35. The van der Waals surface area contributed by atoms with Gasteiger partial charge in [0.2, 0.25) is 5.78 Å². The molecule has 1 heterocycles. The predicted molar refractivity (Wildman–Crippen MR) is 88.5 cm³/mol. The van der Waals surface area contributed by atoms with E-state index in [2.05, 4.69) is 15.9 Å². The van der Waals surface area contributed by atoms with Crippen LogP contribution in [0.1, 0.15) is 30.1 Å². The molecule has 1 aromatic rings. The van der Waals surface area contributed by atoms with Crippen LogP contribution in [-0.4, -0.2) is 43.6 Å². The van der Waals surface area contributed by atoms with Crippen molar-refractivity contribution in [2.24, 2.45) is 5.92 Å². The van der Waals surface area contributed by atoms with E-state index in [1.165, 1.54) is 0 Å². The third-order valence-electron chi connectivity index (χ3n) is 3.60. The van der Waals surface area contributed by atoms with Gasteiger partial charge in [-0.15, -0.1) is 0 Å². The smallest absolute Gasteiger partial charge is 0.355 e. The number of esters is 2. The third-order valence-corrected chi connectivity index (χ3v) is 4.12. The third kappa shape index (κ3) is 4.88. The number of hydrogen-bond donors (Lipinski definition) is 0. The lowest BCUT2D eigenvalue weighted by molar-refractivity contribution is -0.169. The Morgan fingerprint density at radius 3 is 2.58 bits per heavy atom. The Kier molecular flexibility index (Phi) is 6.93. The van der Waals surface area contributed by atoms with E-state index in [9.17, 15) is 14.4 Å². The maximum Gasteiger partial charge on any atom is 0.355 e. The number of carbonyl (C=O) groups is 3. The molecule has 1 fully saturated rings. The Balaban J connectivity index is 2.14. The van der Waals surface area contributed by atoms with E-state index in [0.29, 0.717) is 13.0 Å². The first-order chi connectivity index (χ1) is 11.5. The summed E-state index contributed by atoms with van der Waals surface area (Å²) in [5.41, 5.74) is 0.268. The lowest BCUT2D eigenvalue weighted by atomic mass is 10.0. The fourth-order valence-electron chi connectivity index (χ4n) is 2.33. The van der Waals surface area contributed by atoms with Crippen LogP contribution in [0.4, 0.5) is 0 Å². The van der Waals surface area contributed by atoms with Crippen molar-refractivity contribution in [2.45, 2.75) is 25.9 Å². The molecule has 130 valence electrons. The van der Waals surface area contributed by atoms with Crippen LogP contribution in [0, 0.1) is 5.92 Å². The molecule has 0 bridgehead atoms. The van der Waals surface area contributed by atoms with Crippen LogP contribution in [0.2, 0.25) is 0 Å². The topological polar surface area (TPSA) is 78.9 Å². The number of ketones is 1. The van der Waals surface area contributed by atoms with Crippen LogP contribution in [0.3, 0.4) is 0 Å². The molecule has 1 saturated heterocycles. The Labute approximate surface area is 148 Å². The van der Waals surface area contributed by atoms with Gasteiger partial charge < -0.3 is 14.2 Å². The van der Waals surface area contributed by atoms with Crippen molar-refractivity contribution in [3.8, 4) is 0 Å². The molecule has 0 radical (unpaired) electrons. The van der Waals surface area contributed by atoms with E-state index in [1.807, 2.05) is 0 Å². The average Bonchev–Trinajstić information content (AvgIpc) is 2.60. The summed E-state index contributed by atoms with van der Waals surface area (Å²) in [6, 6.07) is 6.45. The van der Waals surface area contributed by atoms with Crippen LogP contribution >= 0.6 is 15.9 Å². The molecule has 1 aromatic carbocycles. The summed E-state index contributed by atoms with van der Waals surface area (Å²) in [6.07, 6.45) is -0.244.